The first-order valence-electron chi connectivity index (χ1n) is 7.57. The monoisotopic (exact) mass is 342 g/mol. The highest BCUT2D eigenvalue weighted by Gasteiger charge is 2.20. The Morgan fingerprint density at radius 3 is 2.28 bits per heavy atom. The fourth-order valence-electron chi connectivity index (χ4n) is 2.74. The summed E-state index contributed by atoms with van der Waals surface area (Å²) in [6, 6.07) is 7.98. The van der Waals surface area contributed by atoms with Crippen molar-refractivity contribution < 1.29 is 23.7 Å². The molecule has 0 bridgehead atoms. The topological polar surface area (TPSA) is 78.1 Å². The number of fused-ring (bicyclic) bond motifs is 1. The van der Waals surface area contributed by atoms with Crippen molar-refractivity contribution in [1.82, 2.24) is 0 Å². The molecule has 0 aliphatic heterocycles. The van der Waals surface area contributed by atoms with Crippen LogP contribution in [0.5, 0.6) is 23.0 Å². The Morgan fingerprint density at radius 1 is 0.960 bits per heavy atom. The molecule has 25 heavy (non-hydrogen) atoms. The normalized spacial score (nSPS) is 10.7. The Balaban J connectivity index is 2.32. The Bertz CT molecular complexity index is 1000. The minimum Gasteiger partial charge on any atom is -0.508 e. The van der Waals surface area contributed by atoms with Crippen molar-refractivity contribution in [2.75, 3.05) is 21.3 Å². The smallest absolute Gasteiger partial charge is 0.204 e. The van der Waals surface area contributed by atoms with Gasteiger partial charge in [0.2, 0.25) is 5.75 Å². The van der Waals surface area contributed by atoms with Gasteiger partial charge in [0.05, 0.1) is 21.3 Å². The van der Waals surface area contributed by atoms with Crippen molar-refractivity contribution in [1.29, 1.82) is 0 Å². The molecule has 0 amide bonds. The van der Waals surface area contributed by atoms with E-state index < -0.39 is 0 Å². The van der Waals surface area contributed by atoms with Gasteiger partial charge < -0.3 is 23.7 Å². The summed E-state index contributed by atoms with van der Waals surface area (Å²) < 4.78 is 21.9. The highest BCUT2D eigenvalue weighted by atomic mass is 16.5. The van der Waals surface area contributed by atoms with Crippen LogP contribution in [0, 0.1) is 6.92 Å². The molecule has 0 aliphatic carbocycles. The number of aromatic hydroxyl groups is 1. The van der Waals surface area contributed by atoms with E-state index >= 15 is 0 Å². The molecule has 2 aromatic carbocycles. The molecule has 0 saturated carbocycles. The Kier molecular flexibility index (Phi) is 4.27. The molecule has 0 atom stereocenters. The Morgan fingerprint density at radius 2 is 1.68 bits per heavy atom. The quantitative estimate of drug-likeness (QED) is 0.782. The molecule has 3 rings (SSSR count). The fraction of sp³-hybridized carbons (Fsp3) is 0.211. The zero-order valence-corrected chi connectivity index (χ0v) is 14.4. The molecule has 1 heterocycles. The van der Waals surface area contributed by atoms with E-state index in [1.807, 2.05) is 0 Å². The van der Waals surface area contributed by atoms with E-state index in [-0.39, 0.29) is 22.3 Å². The third kappa shape index (κ3) is 2.76. The summed E-state index contributed by atoms with van der Waals surface area (Å²) >= 11 is 0. The highest BCUT2D eigenvalue weighted by Crippen LogP contribution is 2.42. The van der Waals surface area contributed by atoms with Gasteiger partial charge in [0, 0.05) is 17.7 Å². The molecule has 0 spiro atoms. The van der Waals surface area contributed by atoms with Crippen LogP contribution in [-0.2, 0) is 0 Å². The molecule has 0 unspecified atom stereocenters. The third-order valence-corrected chi connectivity index (χ3v) is 4.00. The standard InChI is InChI=1S/C19H18O6/c1-10-7-11(5-6-12(10)20)14-8-13(21)17-15(25-14)9-16(22-2)18(23-3)19(17)24-4/h5-9,20H,1-4H3. The zero-order chi connectivity index (χ0) is 18.1. The first kappa shape index (κ1) is 16.7. The van der Waals surface area contributed by atoms with Crippen molar-refractivity contribution in [2.24, 2.45) is 0 Å². The molecule has 0 saturated heterocycles. The predicted molar refractivity (Wildman–Crippen MR) is 94.0 cm³/mol. The van der Waals surface area contributed by atoms with E-state index in [1.54, 1.807) is 31.2 Å². The molecular weight excluding hydrogens is 324 g/mol. The van der Waals surface area contributed by atoms with Crippen LogP contribution in [0.3, 0.4) is 0 Å². The second-order valence-corrected chi connectivity index (χ2v) is 5.49. The van der Waals surface area contributed by atoms with Crippen LogP contribution in [-0.4, -0.2) is 26.4 Å². The minimum absolute atomic E-state index is 0.181. The average molecular weight is 342 g/mol. The van der Waals surface area contributed by atoms with Gasteiger partial charge in [-0.1, -0.05) is 0 Å². The van der Waals surface area contributed by atoms with Gasteiger partial charge in [-0.15, -0.1) is 0 Å². The molecule has 0 fully saturated rings. The Hall–Kier alpha value is -3.15. The third-order valence-electron chi connectivity index (χ3n) is 4.00. The van der Waals surface area contributed by atoms with Gasteiger partial charge >= 0.3 is 0 Å². The van der Waals surface area contributed by atoms with Gasteiger partial charge in [-0.3, -0.25) is 4.79 Å². The van der Waals surface area contributed by atoms with Gasteiger partial charge in [-0.25, -0.2) is 0 Å². The number of benzene rings is 2. The summed E-state index contributed by atoms with van der Waals surface area (Å²) in [6.45, 7) is 1.77. The van der Waals surface area contributed by atoms with Crippen LogP contribution in [0.4, 0.5) is 0 Å². The number of ether oxygens (including phenoxy) is 3. The number of methoxy groups -OCH3 is 3. The summed E-state index contributed by atoms with van der Waals surface area (Å²) in [6.07, 6.45) is 0. The summed E-state index contributed by atoms with van der Waals surface area (Å²) in [5.41, 5.74) is 1.43. The molecule has 6 heteroatoms. The maximum atomic E-state index is 12.7. The molecule has 0 radical (unpaired) electrons. The molecular formula is C19H18O6. The van der Waals surface area contributed by atoms with Crippen molar-refractivity contribution in [3.8, 4) is 34.3 Å². The zero-order valence-electron chi connectivity index (χ0n) is 14.4. The molecule has 130 valence electrons. The lowest BCUT2D eigenvalue weighted by atomic mass is 10.1. The molecule has 3 aromatic rings. The fourth-order valence-corrected chi connectivity index (χ4v) is 2.74. The average Bonchev–Trinajstić information content (AvgIpc) is 2.61. The van der Waals surface area contributed by atoms with Crippen LogP contribution in [0.25, 0.3) is 22.3 Å². The first-order valence-corrected chi connectivity index (χ1v) is 7.57. The molecule has 1 N–H and O–H groups in total. The lowest BCUT2D eigenvalue weighted by molar-refractivity contribution is 0.326. The summed E-state index contributed by atoms with van der Waals surface area (Å²) in [5.74, 6) is 1.56. The van der Waals surface area contributed by atoms with Gasteiger partial charge in [0.25, 0.3) is 0 Å². The maximum absolute atomic E-state index is 12.7. The minimum atomic E-state index is -0.264. The van der Waals surface area contributed by atoms with E-state index in [1.165, 1.54) is 27.4 Å². The predicted octanol–water partition coefficient (Wildman–Crippen LogP) is 3.50. The van der Waals surface area contributed by atoms with Crippen molar-refractivity contribution in [2.45, 2.75) is 6.92 Å². The van der Waals surface area contributed by atoms with Crippen LogP contribution in [0.1, 0.15) is 5.56 Å². The number of phenolic OH excluding ortho intramolecular Hbond substituents is 1. The van der Waals surface area contributed by atoms with Crippen LogP contribution < -0.4 is 19.6 Å². The molecule has 6 nitrogen and oxygen atoms in total. The summed E-state index contributed by atoms with van der Waals surface area (Å²) in [4.78, 5) is 12.7. The summed E-state index contributed by atoms with van der Waals surface area (Å²) in [7, 11) is 4.42. The summed E-state index contributed by atoms with van der Waals surface area (Å²) in [5, 5.41) is 9.95. The second kappa shape index (κ2) is 6.39. The van der Waals surface area contributed by atoms with E-state index in [2.05, 4.69) is 0 Å². The molecule has 0 aliphatic rings. The van der Waals surface area contributed by atoms with Crippen molar-refractivity contribution in [3.05, 3.63) is 46.1 Å². The van der Waals surface area contributed by atoms with Crippen LogP contribution >= 0.6 is 0 Å². The van der Waals surface area contributed by atoms with Gasteiger partial charge in [-0.05, 0) is 30.7 Å². The lowest BCUT2D eigenvalue weighted by Crippen LogP contribution is -2.05. The maximum Gasteiger partial charge on any atom is 0.204 e. The lowest BCUT2D eigenvalue weighted by Gasteiger charge is -2.14. The van der Waals surface area contributed by atoms with E-state index in [4.69, 9.17) is 18.6 Å². The van der Waals surface area contributed by atoms with Crippen molar-refractivity contribution >= 4 is 11.0 Å². The van der Waals surface area contributed by atoms with Crippen molar-refractivity contribution in [3.63, 3.8) is 0 Å². The highest BCUT2D eigenvalue weighted by molar-refractivity contribution is 5.90. The van der Waals surface area contributed by atoms with E-state index in [0.29, 0.717) is 34.0 Å². The molecule has 1 aromatic heterocycles. The van der Waals surface area contributed by atoms with Crippen LogP contribution in [0.15, 0.2) is 39.5 Å². The number of hydrogen-bond acceptors (Lipinski definition) is 6. The first-order chi connectivity index (χ1) is 12.0. The van der Waals surface area contributed by atoms with E-state index in [9.17, 15) is 9.90 Å². The Labute approximate surface area is 144 Å². The SMILES string of the molecule is COc1cc2oc(-c3ccc(O)c(C)c3)cc(=O)c2c(OC)c1OC. The number of rotatable bonds is 4. The van der Waals surface area contributed by atoms with Gasteiger partial charge in [-0.2, -0.15) is 0 Å². The van der Waals surface area contributed by atoms with Gasteiger partial charge in [0.1, 0.15) is 22.5 Å². The number of phenols is 1. The number of aryl methyl sites for hydroxylation is 1. The van der Waals surface area contributed by atoms with Gasteiger partial charge in [0.15, 0.2) is 16.9 Å². The number of hydrogen-bond donors (Lipinski definition) is 1. The second-order valence-electron chi connectivity index (χ2n) is 5.49. The van der Waals surface area contributed by atoms with Crippen LogP contribution in [0.2, 0.25) is 0 Å². The largest absolute Gasteiger partial charge is 0.508 e. The van der Waals surface area contributed by atoms with E-state index in [0.717, 1.165) is 0 Å².